The van der Waals surface area contributed by atoms with Crippen molar-refractivity contribution in [3.05, 3.63) is 87.0 Å². The van der Waals surface area contributed by atoms with Gasteiger partial charge in [-0.3, -0.25) is 9.59 Å². The van der Waals surface area contributed by atoms with Crippen molar-refractivity contribution >= 4 is 51.1 Å². The van der Waals surface area contributed by atoms with Crippen molar-refractivity contribution in [3.8, 4) is 17.2 Å². The number of rotatable bonds is 6. The number of nitrogens with one attached hydrogen (secondary N) is 2. The summed E-state index contributed by atoms with van der Waals surface area (Å²) in [5.74, 6) is 0.672. The number of carbonyl (C=O) groups excluding carboxylic acids is 2. The van der Waals surface area contributed by atoms with Crippen LogP contribution in [0, 0.1) is 0 Å². The maximum absolute atomic E-state index is 13.1. The second-order valence-corrected chi connectivity index (χ2v) is 8.17. The highest BCUT2D eigenvalue weighted by Crippen LogP contribution is 2.33. The Labute approximate surface area is 203 Å². The van der Waals surface area contributed by atoms with Gasteiger partial charge in [0.1, 0.15) is 11.4 Å². The number of amides is 2. The summed E-state index contributed by atoms with van der Waals surface area (Å²) in [6.07, 6.45) is 1.55. The first-order valence-electron chi connectivity index (χ1n) is 9.76. The van der Waals surface area contributed by atoms with E-state index < -0.39 is 11.8 Å². The van der Waals surface area contributed by atoms with Crippen LogP contribution < -0.4 is 24.8 Å². The van der Waals surface area contributed by atoms with Gasteiger partial charge in [-0.25, -0.2) is 0 Å². The largest absolute Gasteiger partial charge is 0.495 e. The van der Waals surface area contributed by atoms with Crippen LogP contribution >= 0.6 is 27.5 Å². The van der Waals surface area contributed by atoms with Crippen LogP contribution in [0.2, 0.25) is 5.02 Å². The zero-order valence-corrected chi connectivity index (χ0v) is 19.7. The van der Waals surface area contributed by atoms with Crippen molar-refractivity contribution in [1.82, 2.24) is 5.32 Å². The summed E-state index contributed by atoms with van der Waals surface area (Å²) in [5, 5.41) is 5.79. The zero-order valence-electron chi connectivity index (χ0n) is 17.4. The molecule has 0 radical (unpaired) electrons. The third-order valence-corrected chi connectivity index (χ3v) is 5.72. The fraction of sp³-hybridized carbons (Fsp3) is 0.0833. The minimum atomic E-state index is -0.533. The third kappa shape index (κ3) is 5.30. The number of ether oxygens (including phenoxy) is 3. The molecule has 33 heavy (non-hydrogen) atoms. The Kier molecular flexibility index (Phi) is 6.86. The highest BCUT2D eigenvalue weighted by Gasteiger charge is 2.18. The fourth-order valence-corrected chi connectivity index (χ4v) is 3.83. The van der Waals surface area contributed by atoms with E-state index in [9.17, 15) is 9.59 Å². The summed E-state index contributed by atoms with van der Waals surface area (Å²) in [7, 11) is 1.50. The van der Waals surface area contributed by atoms with E-state index in [-0.39, 0.29) is 12.5 Å². The number of carbonyl (C=O) groups is 2. The normalized spacial score (nSPS) is 12.3. The number of benzene rings is 3. The number of anilines is 1. The molecule has 0 bridgehead atoms. The Morgan fingerprint density at radius 3 is 2.61 bits per heavy atom. The summed E-state index contributed by atoms with van der Waals surface area (Å²) in [6, 6.07) is 17.0. The molecule has 7 nitrogen and oxygen atoms in total. The van der Waals surface area contributed by atoms with Gasteiger partial charge < -0.3 is 24.8 Å². The van der Waals surface area contributed by atoms with Gasteiger partial charge in [0.15, 0.2) is 11.5 Å². The number of methoxy groups -OCH3 is 1. The molecule has 1 heterocycles. The van der Waals surface area contributed by atoms with Gasteiger partial charge in [-0.1, -0.05) is 29.8 Å². The van der Waals surface area contributed by atoms with Crippen molar-refractivity contribution < 1.29 is 23.8 Å². The van der Waals surface area contributed by atoms with E-state index in [0.29, 0.717) is 43.6 Å². The Balaban J connectivity index is 1.64. The predicted octanol–water partition coefficient (Wildman–Crippen LogP) is 5.25. The van der Waals surface area contributed by atoms with E-state index in [0.717, 1.165) is 0 Å². The predicted molar refractivity (Wildman–Crippen MR) is 129 cm³/mol. The van der Waals surface area contributed by atoms with Crippen molar-refractivity contribution in [1.29, 1.82) is 0 Å². The van der Waals surface area contributed by atoms with Gasteiger partial charge >= 0.3 is 0 Å². The van der Waals surface area contributed by atoms with E-state index >= 15 is 0 Å². The van der Waals surface area contributed by atoms with E-state index in [1.54, 1.807) is 66.7 Å². The topological polar surface area (TPSA) is 85.9 Å². The van der Waals surface area contributed by atoms with Gasteiger partial charge in [0, 0.05) is 10.2 Å². The van der Waals surface area contributed by atoms with Gasteiger partial charge in [0.05, 0.1) is 17.7 Å². The van der Waals surface area contributed by atoms with E-state index in [1.807, 2.05) is 0 Å². The Morgan fingerprint density at radius 2 is 1.85 bits per heavy atom. The van der Waals surface area contributed by atoms with Gasteiger partial charge in [-0.2, -0.15) is 0 Å². The van der Waals surface area contributed by atoms with Crippen LogP contribution in [0.3, 0.4) is 0 Å². The van der Waals surface area contributed by atoms with Gasteiger partial charge in [-0.05, 0) is 70.0 Å². The zero-order chi connectivity index (χ0) is 23.4. The van der Waals surface area contributed by atoms with E-state index in [2.05, 4.69) is 26.6 Å². The molecular weight excluding hydrogens is 512 g/mol. The molecule has 0 saturated heterocycles. The standard InChI is InChI=1S/C24H18BrClN2O5/c1-31-20-9-7-15(12-18(20)26)27-24(30)19(28-23(29)16-4-2-3-5-17(16)25)10-14-6-8-21-22(11-14)33-13-32-21/h2-12H,13H2,1H3,(H,27,30)(H,28,29)/b19-10-. The summed E-state index contributed by atoms with van der Waals surface area (Å²) in [5.41, 5.74) is 1.50. The molecule has 3 aromatic rings. The molecule has 4 rings (SSSR count). The first kappa shape index (κ1) is 22.7. The lowest BCUT2D eigenvalue weighted by Gasteiger charge is -2.13. The molecule has 168 valence electrons. The molecule has 2 amide bonds. The highest BCUT2D eigenvalue weighted by molar-refractivity contribution is 9.10. The van der Waals surface area contributed by atoms with Crippen molar-refractivity contribution in [2.24, 2.45) is 0 Å². The molecule has 1 aliphatic heterocycles. The number of halogens is 2. The summed E-state index contributed by atoms with van der Waals surface area (Å²) in [6.45, 7) is 0.132. The van der Waals surface area contributed by atoms with E-state index in [1.165, 1.54) is 7.11 Å². The molecule has 0 aromatic heterocycles. The average molecular weight is 530 g/mol. The van der Waals surface area contributed by atoms with E-state index in [4.69, 9.17) is 25.8 Å². The molecule has 9 heteroatoms. The van der Waals surface area contributed by atoms with Gasteiger partial charge in [-0.15, -0.1) is 0 Å². The maximum Gasteiger partial charge on any atom is 0.272 e. The molecule has 0 unspecified atom stereocenters. The van der Waals surface area contributed by atoms with Crippen molar-refractivity contribution in [3.63, 3.8) is 0 Å². The third-order valence-electron chi connectivity index (χ3n) is 4.73. The lowest BCUT2D eigenvalue weighted by molar-refractivity contribution is -0.113. The van der Waals surface area contributed by atoms with Crippen LogP contribution in [0.4, 0.5) is 5.69 Å². The lowest BCUT2D eigenvalue weighted by atomic mass is 10.1. The number of hydrogen-bond acceptors (Lipinski definition) is 5. The molecule has 0 atom stereocenters. The Bertz CT molecular complexity index is 1260. The van der Waals surface area contributed by atoms with Crippen LogP contribution in [0.15, 0.2) is 70.8 Å². The quantitative estimate of drug-likeness (QED) is 0.426. The van der Waals surface area contributed by atoms with Gasteiger partial charge in [0.25, 0.3) is 11.8 Å². The summed E-state index contributed by atoms with van der Waals surface area (Å²) >= 11 is 9.53. The van der Waals surface area contributed by atoms with Crippen molar-refractivity contribution in [2.45, 2.75) is 0 Å². The number of fused-ring (bicyclic) bond motifs is 1. The smallest absolute Gasteiger partial charge is 0.272 e. The average Bonchev–Trinajstić information content (AvgIpc) is 3.27. The summed E-state index contributed by atoms with van der Waals surface area (Å²) < 4.78 is 16.5. The number of hydrogen-bond donors (Lipinski definition) is 2. The molecular formula is C24H18BrClN2O5. The minimum absolute atomic E-state index is 0.0292. The molecule has 0 aliphatic carbocycles. The Morgan fingerprint density at radius 1 is 1.06 bits per heavy atom. The lowest BCUT2D eigenvalue weighted by Crippen LogP contribution is -2.31. The second-order valence-electron chi connectivity index (χ2n) is 6.91. The molecule has 0 spiro atoms. The molecule has 3 aromatic carbocycles. The highest BCUT2D eigenvalue weighted by atomic mass is 79.9. The second kappa shape index (κ2) is 9.97. The minimum Gasteiger partial charge on any atom is -0.495 e. The molecule has 1 aliphatic rings. The Hall–Kier alpha value is -3.49. The van der Waals surface area contributed by atoms with Crippen LogP contribution in [-0.4, -0.2) is 25.7 Å². The first-order chi connectivity index (χ1) is 15.9. The fourth-order valence-electron chi connectivity index (χ4n) is 3.11. The van der Waals surface area contributed by atoms with Crippen LogP contribution in [0.25, 0.3) is 6.08 Å². The molecule has 0 fully saturated rings. The summed E-state index contributed by atoms with van der Waals surface area (Å²) in [4.78, 5) is 26.0. The maximum atomic E-state index is 13.1. The van der Waals surface area contributed by atoms with Crippen molar-refractivity contribution in [2.75, 3.05) is 19.2 Å². The molecule has 0 saturated carbocycles. The van der Waals surface area contributed by atoms with Crippen LogP contribution in [0.5, 0.6) is 17.2 Å². The SMILES string of the molecule is COc1ccc(NC(=O)/C(=C/c2ccc3c(c2)OCO3)NC(=O)c2ccccc2Br)cc1Cl. The monoisotopic (exact) mass is 528 g/mol. The van der Waals surface area contributed by atoms with Crippen LogP contribution in [-0.2, 0) is 4.79 Å². The molecule has 2 N–H and O–H groups in total. The van der Waals surface area contributed by atoms with Gasteiger partial charge in [0.2, 0.25) is 6.79 Å². The first-order valence-corrected chi connectivity index (χ1v) is 10.9. The van der Waals surface area contributed by atoms with Crippen LogP contribution in [0.1, 0.15) is 15.9 Å².